The smallest absolute Gasteiger partial charge is 0.155 e. The van der Waals surface area contributed by atoms with E-state index in [1.54, 1.807) is 14.2 Å². The zero-order valence-corrected chi connectivity index (χ0v) is 25.9. The molecule has 3 N–H and O–H groups in total. The molecule has 6 rings (SSSR count). The van der Waals surface area contributed by atoms with Gasteiger partial charge in [-0.2, -0.15) is 0 Å². The van der Waals surface area contributed by atoms with Crippen molar-refractivity contribution in [3.63, 3.8) is 0 Å². The Morgan fingerprint density at radius 2 is 1.00 bits per heavy atom. The molecule has 0 spiro atoms. The number of nitrogens with zero attached hydrogens (tertiary/aromatic N) is 1. The molecule has 5 aromatic carbocycles. The molecule has 0 radical (unpaired) electrons. The lowest BCUT2D eigenvalue weighted by molar-refractivity contribution is 0.307. The van der Waals surface area contributed by atoms with Gasteiger partial charge in [-0.25, -0.2) is 4.99 Å². The predicted octanol–water partition coefficient (Wildman–Crippen LogP) is 7.86. The molecule has 1 heterocycles. The molecule has 0 saturated heterocycles. The van der Waals surface area contributed by atoms with Crippen LogP contribution in [0.3, 0.4) is 0 Å². The molecule has 0 fully saturated rings. The van der Waals surface area contributed by atoms with Gasteiger partial charge in [0, 0.05) is 11.1 Å². The molecule has 1 aliphatic heterocycles. The molecule has 0 aromatic heterocycles. The standard InChI is InChI=1S/C38H39N3O4/c1-42-31-15-11-25-13-17-33(23-29(25)21-31)44-19-5-3-7-27-9-10-28(36-35(27)37(39)41-38(36)40)8-4-6-20-45-34-18-14-26-12-16-32(43-2)22-30(26)24-34/h9-18,21-24H,3-8,19-20H2,1-2H3,(H3,39,40,41). The summed E-state index contributed by atoms with van der Waals surface area (Å²) in [6.07, 6.45) is 5.41. The minimum absolute atomic E-state index is 0.262. The molecule has 0 unspecified atom stereocenters. The van der Waals surface area contributed by atoms with Crippen LogP contribution in [0.4, 0.5) is 0 Å². The number of benzene rings is 5. The van der Waals surface area contributed by atoms with Crippen LogP contribution in [-0.4, -0.2) is 39.1 Å². The van der Waals surface area contributed by atoms with Gasteiger partial charge in [-0.05, 0) is 120 Å². The van der Waals surface area contributed by atoms with Gasteiger partial charge in [0.2, 0.25) is 0 Å². The average Bonchev–Trinajstić information content (AvgIpc) is 3.37. The molecule has 0 atom stereocenters. The number of hydrogen-bond donors (Lipinski definition) is 2. The fourth-order valence-electron chi connectivity index (χ4n) is 5.96. The van der Waals surface area contributed by atoms with Crippen molar-refractivity contribution in [2.75, 3.05) is 27.4 Å². The number of nitrogens with two attached hydrogens (primary N) is 1. The molecule has 7 nitrogen and oxygen atoms in total. The van der Waals surface area contributed by atoms with Gasteiger partial charge in [0.1, 0.15) is 28.8 Å². The monoisotopic (exact) mass is 601 g/mol. The Labute approximate surface area is 264 Å². The summed E-state index contributed by atoms with van der Waals surface area (Å²) in [6.45, 7) is 1.26. The van der Waals surface area contributed by atoms with Gasteiger partial charge in [-0.3, -0.25) is 5.41 Å². The molecule has 1 aliphatic rings. The highest BCUT2D eigenvalue weighted by Crippen LogP contribution is 2.29. The molecule has 45 heavy (non-hydrogen) atoms. The van der Waals surface area contributed by atoms with Crippen LogP contribution in [0.15, 0.2) is 89.9 Å². The van der Waals surface area contributed by atoms with Crippen molar-refractivity contribution in [3.8, 4) is 23.0 Å². The van der Waals surface area contributed by atoms with Crippen LogP contribution in [-0.2, 0) is 12.8 Å². The summed E-state index contributed by atoms with van der Waals surface area (Å²) in [4.78, 5) is 4.33. The Morgan fingerprint density at radius 1 is 0.556 bits per heavy atom. The van der Waals surface area contributed by atoms with E-state index in [1.165, 1.54) is 0 Å². The Balaban J connectivity index is 0.997. The van der Waals surface area contributed by atoms with Gasteiger partial charge >= 0.3 is 0 Å². The van der Waals surface area contributed by atoms with Gasteiger partial charge in [0.25, 0.3) is 0 Å². The summed E-state index contributed by atoms with van der Waals surface area (Å²) in [5.74, 6) is 4.09. The molecule has 0 aliphatic carbocycles. The summed E-state index contributed by atoms with van der Waals surface area (Å²) in [5.41, 5.74) is 10.4. The number of hydrogen-bond acceptors (Lipinski definition) is 6. The van der Waals surface area contributed by atoms with Crippen LogP contribution in [0.25, 0.3) is 21.5 Å². The number of methoxy groups -OCH3 is 2. The van der Waals surface area contributed by atoms with Crippen molar-refractivity contribution in [2.45, 2.75) is 38.5 Å². The van der Waals surface area contributed by atoms with Crippen LogP contribution >= 0.6 is 0 Å². The minimum atomic E-state index is 0.262. The van der Waals surface area contributed by atoms with E-state index in [1.807, 2.05) is 36.4 Å². The highest BCUT2D eigenvalue weighted by molar-refractivity contribution is 6.22. The normalized spacial score (nSPS) is 12.3. The number of nitrogens with one attached hydrogen (secondary N) is 1. The maximum atomic E-state index is 8.51. The summed E-state index contributed by atoms with van der Waals surface area (Å²) in [6, 6.07) is 28.7. The number of rotatable bonds is 14. The van der Waals surface area contributed by atoms with Gasteiger partial charge < -0.3 is 24.7 Å². The lowest BCUT2D eigenvalue weighted by atomic mass is 9.91. The molecule has 0 amide bonds. The number of ether oxygens (including phenoxy) is 4. The van der Waals surface area contributed by atoms with Crippen LogP contribution < -0.4 is 24.7 Å². The SMILES string of the molecule is COc1ccc2ccc(OCCCCc3ccc(CCCCOc4ccc5ccc(OC)cc5c4)c4c3C(=N)N=C4N)cc2c1. The van der Waals surface area contributed by atoms with Crippen molar-refractivity contribution >= 4 is 33.2 Å². The molecule has 7 heteroatoms. The topological polar surface area (TPSA) is 99.1 Å². The zero-order valence-electron chi connectivity index (χ0n) is 25.9. The van der Waals surface area contributed by atoms with E-state index in [2.05, 4.69) is 53.5 Å². The second kappa shape index (κ2) is 13.7. The van der Waals surface area contributed by atoms with Gasteiger partial charge in [0.05, 0.1) is 27.4 Å². The van der Waals surface area contributed by atoms with Gasteiger partial charge in [-0.1, -0.05) is 36.4 Å². The summed E-state index contributed by atoms with van der Waals surface area (Å²) >= 11 is 0. The molecular formula is C38H39N3O4. The first-order valence-electron chi connectivity index (χ1n) is 15.5. The minimum Gasteiger partial charge on any atom is -0.497 e. The highest BCUT2D eigenvalue weighted by Gasteiger charge is 2.24. The molecule has 0 bridgehead atoms. The summed E-state index contributed by atoms with van der Waals surface area (Å²) in [7, 11) is 3.35. The van der Waals surface area contributed by atoms with E-state index in [0.29, 0.717) is 19.0 Å². The molecule has 5 aromatic rings. The van der Waals surface area contributed by atoms with Crippen molar-refractivity contribution in [3.05, 3.63) is 107 Å². The van der Waals surface area contributed by atoms with Crippen molar-refractivity contribution < 1.29 is 18.9 Å². The number of aliphatic imine (C=N–C) groups is 1. The Morgan fingerprint density at radius 3 is 1.49 bits per heavy atom. The first-order valence-corrected chi connectivity index (χ1v) is 15.5. The number of fused-ring (bicyclic) bond motifs is 3. The Kier molecular flexibility index (Phi) is 9.15. The van der Waals surface area contributed by atoms with Crippen molar-refractivity contribution in [1.82, 2.24) is 0 Å². The third-order valence-corrected chi connectivity index (χ3v) is 8.36. The third kappa shape index (κ3) is 6.88. The van der Waals surface area contributed by atoms with Crippen LogP contribution in [0.1, 0.15) is 47.9 Å². The van der Waals surface area contributed by atoms with E-state index in [4.69, 9.17) is 30.1 Å². The van der Waals surface area contributed by atoms with E-state index in [-0.39, 0.29) is 5.84 Å². The third-order valence-electron chi connectivity index (χ3n) is 8.36. The van der Waals surface area contributed by atoms with Gasteiger partial charge in [-0.15, -0.1) is 0 Å². The van der Waals surface area contributed by atoms with E-state index < -0.39 is 0 Å². The fraction of sp³-hybridized carbons (Fsp3) is 0.263. The average molecular weight is 602 g/mol. The number of amidine groups is 2. The van der Waals surface area contributed by atoms with E-state index >= 15 is 0 Å². The molecule has 0 saturated carbocycles. The zero-order chi connectivity index (χ0) is 31.2. The number of unbranched alkanes of at least 4 members (excludes halogenated alkanes) is 2. The first-order chi connectivity index (χ1) is 22.0. The van der Waals surface area contributed by atoms with Crippen LogP contribution in [0, 0.1) is 5.41 Å². The largest absolute Gasteiger partial charge is 0.497 e. The van der Waals surface area contributed by atoms with E-state index in [0.717, 1.165) is 105 Å². The highest BCUT2D eigenvalue weighted by atomic mass is 16.5. The predicted molar refractivity (Wildman–Crippen MR) is 182 cm³/mol. The second-order valence-electron chi connectivity index (χ2n) is 11.3. The van der Waals surface area contributed by atoms with Crippen LogP contribution in [0.5, 0.6) is 23.0 Å². The Hall–Kier alpha value is -5.04. The van der Waals surface area contributed by atoms with E-state index in [9.17, 15) is 0 Å². The second-order valence-corrected chi connectivity index (χ2v) is 11.3. The summed E-state index contributed by atoms with van der Waals surface area (Å²) < 4.78 is 22.8. The van der Waals surface area contributed by atoms with Crippen molar-refractivity contribution in [1.29, 1.82) is 5.41 Å². The lowest BCUT2D eigenvalue weighted by Crippen LogP contribution is -2.15. The first kappa shape index (κ1) is 30.0. The Bertz CT molecular complexity index is 1880. The maximum Gasteiger partial charge on any atom is 0.155 e. The maximum absolute atomic E-state index is 8.51. The lowest BCUT2D eigenvalue weighted by Gasteiger charge is -2.14. The molecular weight excluding hydrogens is 562 g/mol. The number of aryl methyl sites for hydroxylation is 2. The molecule has 230 valence electrons. The quantitative estimate of drug-likeness (QED) is 0.126. The van der Waals surface area contributed by atoms with Gasteiger partial charge in [0.15, 0.2) is 5.84 Å². The van der Waals surface area contributed by atoms with Crippen molar-refractivity contribution in [2.24, 2.45) is 10.7 Å². The van der Waals surface area contributed by atoms with Crippen LogP contribution in [0.2, 0.25) is 0 Å². The summed E-state index contributed by atoms with van der Waals surface area (Å²) in [5, 5.41) is 13.0. The fourth-order valence-corrected chi connectivity index (χ4v) is 5.96.